The van der Waals surface area contributed by atoms with Crippen LogP contribution in [0.25, 0.3) is 0 Å². The molecule has 18 heavy (non-hydrogen) atoms. The van der Waals surface area contributed by atoms with Gasteiger partial charge in [0.25, 0.3) is 0 Å². The average Bonchev–Trinajstić information content (AvgIpc) is 2.32. The second-order valence-electron chi connectivity index (χ2n) is 4.11. The molecule has 0 amide bonds. The van der Waals surface area contributed by atoms with Gasteiger partial charge in [-0.25, -0.2) is 0 Å². The molecular weight excluding hydrogens is 272 g/mol. The third kappa shape index (κ3) is 7.87. The molecule has 0 aromatic carbocycles. The highest BCUT2D eigenvalue weighted by molar-refractivity contribution is 8.76. The summed E-state index contributed by atoms with van der Waals surface area (Å²) in [6.07, 6.45) is 2.69. The molecule has 106 valence electrons. The minimum Gasteiger partial charge on any atom is -0.481 e. The largest absolute Gasteiger partial charge is 0.481 e. The summed E-state index contributed by atoms with van der Waals surface area (Å²) in [5.74, 6) is -0.334. The molecule has 0 radical (unpaired) electrons. The maximum absolute atomic E-state index is 10.8. The number of aliphatic carboxylic acids is 2. The van der Waals surface area contributed by atoms with Crippen LogP contribution in [0.2, 0.25) is 0 Å². The minimum absolute atomic E-state index is 0.250. The maximum atomic E-state index is 10.8. The fourth-order valence-electron chi connectivity index (χ4n) is 1.50. The van der Waals surface area contributed by atoms with Gasteiger partial charge in [-0.15, -0.1) is 0 Å². The average molecular weight is 294 g/mol. The lowest BCUT2D eigenvalue weighted by Gasteiger charge is -2.10. The number of carbonyl (C=O) groups is 2. The SMILES string of the molecule is CCC(CCSSCCC(CC)C(=O)O)C(=O)O. The summed E-state index contributed by atoms with van der Waals surface area (Å²) < 4.78 is 0. The molecule has 0 saturated carbocycles. The van der Waals surface area contributed by atoms with Gasteiger partial charge in [0.2, 0.25) is 0 Å². The first-order chi connectivity index (χ1) is 8.52. The highest BCUT2D eigenvalue weighted by Crippen LogP contribution is 2.26. The number of hydrogen-bond acceptors (Lipinski definition) is 4. The van der Waals surface area contributed by atoms with Crippen molar-refractivity contribution in [1.82, 2.24) is 0 Å². The Hall–Kier alpha value is -0.360. The number of hydrogen-bond donors (Lipinski definition) is 2. The molecule has 6 heteroatoms. The first kappa shape index (κ1) is 17.6. The summed E-state index contributed by atoms with van der Waals surface area (Å²) in [5.41, 5.74) is 0. The van der Waals surface area contributed by atoms with E-state index in [9.17, 15) is 9.59 Å². The van der Waals surface area contributed by atoms with Crippen molar-refractivity contribution in [1.29, 1.82) is 0 Å². The van der Waals surface area contributed by atoms with Crippen molar-refractivity contribution in [2.24, 2.45) is 11.8 Å². The monoisotopic (exact) mass is 294 g/mol. The van der Waals surface area contributed by atoms with E-state index in [1.807, 2.05) is 13.8 Å². The van der Waals surface area contributed by atoms with Gasteiger partial charge in [-0.1, -0.05) is 35.4 Å². The Morgan fingerprint density at radius 1 is 0.889 bits per heavy atom. The van der Waals surface area contributed by atoms with Crippen molar-refractivity contribution in [3.8, 4) is 0 Å². The third-order valence-corrected chi connectivity index (χ3v) is 5.34. The van der Waals surface area contributed by atoms with Crippen molar-refractivity contribution < 1.29 is 19.8 Å². The standard InChI is InChI=1S/C12H22O4S2/c1-3-9(11(13)14)5-7-17-18-8-6-10(4-2)12(15)16/h9-10H,3-8H2,1-2H3,(H,13,14)(H,15,16). The van der Waals surface area contributed by atoms with Crippen LogP contribution in [-0.2, 0) is 9.59 Å². The van der Waals surface area contributed by atoms with E-state index in [1.165, 1.54) is 0 Å². The molecule has 0 rings (SSSR count). The van der Waals surface area contributed by atoms with E-state index in [0.717, 1.165) is 11.5 Å². The van der Waals surface area contributed by atoms with Crippen LogP contribution >= 0.6 is 21.6 Å². The Balaban J connectivity index is 3.56. The zero-order valence-corrected chi connectivity index (χ0v) is 12.6. The van der Waals surface area contributed by atoms with E-state index in [-0.39, 0.29) is 11.8 Å². The van der Waals surface area contributed by atoms with Crippen molar-refractivity contribution >= 4 is 33.5 Å². The molecule has 0 saturated heterocycles. The second-order valence-corrected chi connectivity index (χ2v) is 6.81. The maximum Gasteiger partial charge on any atom is 0.306 e. The Morgan fingerprint density at radius 2 is 1.22 bits per heavy atom. The topological polar surface area (TPSA) is 74.6 Å². The first-order valence-electron chi connectivity index (χ1n) is 6.22. The van der Waals surface area contributed by atoms with E-state index < -0.39 is 11.9 Å². The minimum atomic E-state index is -0.722. The summed E-state index contributed by atoms with van der Waals surface area (Å²) >= 11 is 0. The van der Waals surface area contributed by atoms with Crippen LogP contribution in [0.15, 0.2) is 0 Å². The van der Waals surface area contributed by atoms with Crippen LogP contribution in [0.5, 0.6) is 0 Å². The lowest BCUT2D eigenvalue weighted by atomic mass is 10.0. The molecule has 0 aliphatic heterocycles. The van der Waals surface area contributed by atoms with E-state index in [2.05, 4.69) is 0 Å². The van der Waals surface area contributed by atoms with Gasteiger partial charge < -0.3 is 10.2 Å². The molecule has 0 aromatic heterocycles. The van der Waals surface area contributed by atoms with Crippen LogP contribution in [-0.4, -0.2) is 33.7 Å². The molecular formula is C12H22O4S2. The molecule has 0 bridgehead atoms. The molecule has 2 N–H and O–H groups in total. The van der Waals surface area contributed by atoms with Gasteiger partial charge in [-0.05, 0) is 25.7 Å². The Bertz CT molecular complexity index is 232. The normalized spacial score (nSPS) is 14.1. The number of rotatable bonds is 11. The van der Waals surface area contributed by atoms with Crippen molar-refractivity contribution in [2.75, 3.05) is 11.5 Å². The van der Waals surface area contributed by atoms with E-state index in [1.54, 1.807) is 21.6 Å². The Morgan fingerprint density at radius 3 is 1.44 bits per heavy atom. The smallest absolute Gasteiger partial charge is 0.306 e. The van der Waals surface area contributed by atoms with Gasteiger partial charge in [0.05, 0.1) is 11.8 Å². The summed E-state index contributed by atoms with van der Waals surface area (Å²) in [6, 6.07) is 0. The predicted octanol–water partition coefficient (Wildman–Crippen LogP) is 3.37. The summed E-state index contributed by atoms with van der Waals surface area (Å²) in [5, 5.41) is 17.7. The van der Waals surface area contributed by atoms with Crippen LogP contribution in [0, 0.1) is 11.8 Å². The molecule has 2 atom stereocenters. The van der Waals surface area contributed by atoms with Crippen LogP contribution < -0.4 is 0 Å². The van der Waals surface area contributed by atoms with Gasteiger partial charge in [0.1, 0.15) is 0 Å². The van der Waals surface area contributed by atoms with Crippen molar-refractivity contribution in [3.05, 3.63) is 0 Å². The molecule has 4 nitrogen and oxygen atoms in total. The lowest BCUT2D eigenvalue weighted by molar-refractivity contribution is -0.142. The quantitative estimate of drug-likeness (QED) is 0.449. The van der Waals surface area contributed by atoms with Crippen molar-refractivity contribution in [3.63, 3.8) is 0 Å². The number of carboxylic acid groups (broad SMARTS) is 2. The van der Waals surface area contributed by atoms with E-state index in [4.69, 9.17) is 10.2 Å². The van der Waals surface area contributed by atoms with Gasteiger partial charge >= 0.3 is 11.9 Å². The molecule has 0 spiro atoms. The Kier molecular flexibility index (Phi) is 10.3. The highest BCUT2D eigenvalue weighted by Gasteiger charge is 2.15. The summed E-state index contributed by atoms with van der Waals surface area (Å²) in [7, 11) is 3.28. The fraction of sp³-hybridized carbons (Fsp3) is 0.833. The highest BCUT2D eigenvalue weighted by atomic mass is 33.1. The molecule has 0 aromatic rings. The summed E-state index contributed by atoms with van der Waals surface area (Å²) in [6.45, 7) is 3.77. The Labute approximate surface area is 116 Å². The summed E-state index contributed by atoms with van der Waals surface area (Å²) in [4.78, 5) is 21.5. The van der Waals surface area contributed by atoms with Gasteiger partial charge in [0.15, 0.2) is 0 Å². The lowest BCUT2D eigenvalue weighted by Crippen LogP contribution is -2.13. The predicted molar refractivity (Wildman–Crippen MR) is 77.0 cm³/mol. The molecule has 0 fully saturated rings. The zero-order chi connectivity index (χ0) is 14.0. The third-order valence-electron chi connectivity index (χ3n) is 2.87. The van der Waals surface area contributed by atoms with Gasteiger partial charge in [-0.2, -0.15) is 0 Å². The van der Waals surface area contributed by atoms with Gasteiger partial charge in [0, 0.05) is 11.5 Å². The van der Waals surface area contributed by atoms with Crippen molar-refractivity contribution in [2.45, 2.75) is 39.5 Å². The molecule has 2 unspecified atom stereocenters. The van der Waals surface area contributed by atoms with Gasteiger partial charge in [-0.3, -0.25) is 9.59 Å². The molecule has 0 heterocycles. The van der Waals surface area contributed by atoms with Crippen LogP contribution in [0.1, 0.15) is 39.5 Å². The van der Waals surface area contributed by atoms with E-state index in [0.29, 0.717) is 25.7 Å². The fourth-order valence-corrected chi connectivity index (χ4v) is 3.78. The number of carboxylic acids is 2. The molecule has 0 aliphatic carbocycles. The zero-order valence-electron chi connectivity index (χ0n) is 10.9. The second kappa shape index (κ2) is 10.6. The molecule has 0 aliphatic rings. The van der Waals surface area contributed by atoms with E-state index >= 15 is 0 Å². The van der Waals surface area contributed by atoms with Crippen LogP contribution in [0.4, 0.5) is 0 Å². The first-order valence-corrected chi connectivity index (χ1v) is 8.71. The van der Waals surface area contributed by atoms with Crippen LogP contribution in [0.3, 0.4) is 0 Å².